The summed E-state index contributed by atoms with van der Waals surface area (Å²) >= 11 is 7.21. The molecule has 0 aliphatic rings. The quantitative estimate of drug-likeness (QED) is 0.614. The molecule has 138 valence electrons. The summed E-state index contributed by atoms with van der Waals surface area (Å²) in [4.78, 5) is 32.3. The minimum Gasteiger partial charge on any atom is -0.455 e. The van der Waals surface area contributed by atoms with Gasteiger partial charge in [-0.05, 0) is 29.8 Å². The second kappa shape index (κ2) is 9.25. The molecular formula is C19H16ClN3O3S. The Morgan fingerprint density at radius 3 is 2.70 bits per heavy atom. The first-order valence-corrected chi connectivity index (χ1v) is 9.38. The zero-order valence-corrected chi connectivity index (χ0v) is 15.8. The van der Waals surface area contributed by atoms with Crippen molar-refractivity contribution in [2.45, 2.75) is 13.0 Å². The van der Waals surface area contributed by atoms with E-state index >= 15 is 0 Å². The van der Waals surface area contributed by atoms with Gasteiger partial charge in [0.15, 0.2) is 6.61 Å². The van der Waals surface area contributed by atoms with Gasteiger partial charge in [0.25, 0.3) is 5.91 Å². The average Bonchev–Trinajstić information content (AvgIpc) is 3.15. The molecule has 1 amide bonds. The van der Waals surface area contributed by atoms with Gasteiger partial charge in [-0.25, -0.2) is 4.98 Å². The molecule has 2 aromatic heterocycles. The van der Waals surface area contributed by atoms with Crippen LogP contribution in [0.4, 0.5) is 0 Å². The van der Waals surface area contributed by atoms with E-state index < -0.39 is 5.97 Å². The van der Waals surface area contributed by atoms with Crippen molar-refractivity contribution in [1.29, 1.82) is 0 Å². The number of hydrogen-bond acceptors (Lipinski definition) is 6. The summed E-state index contributed by atoms with van der Waals surface area (Å²) in [6.07, 6.45) is 1.70. The van der Waals surface area contributed by atoms with E-state index in [0.717, 1.165) is 16.3 Å². The third kappa shape index (κ3) is 5.87. The van der Waals surface area contributed by atoms with Crippen LogP contribution >= 0.6 is 22.9 Å². The number of halogens is 1. The third-order valence-electron chi connectivity index (χ3n) is 3.53. The fourth-order valence-corrected chi connectivity index (χ4v) is 3.12. The number of thiazole rings is 1. The lowest BCUT2D eigenvalue weighted by atomic mass is 10.2. The van der Waals surface area contributed by atoms with Crippen molar-refractivity contribution in [2.75, 3.05) is 6.61 Å². The molecule has 0 aliphatic carbocycles. The standard InChI is InChI=1S/C19H16ClN3O3S/c20-14-6-4-13(5-7-14)10-22-17(24)11-26-18(25)9-15-12-27-19(23-15)16-3-1-2-8-21-16/h1-8,12H,9-11H2,(H,22,24). The van der Waals surface area contributed by atoms with E-state index in [1.54, 1.807) is 23.7 Å². The number of nitrogens with zero attached hydrogens (tertiary/aromatic N) is 2. The van der Waals surface area contributed by atoms with Crippen LogP contribution in [0.2, 0.25) is 5.02 Å². The number of hydrogen-bond donors (Lipinski definition) is 1. The second-order valence-corrected chi connectivity index (χ2v) is 6.89. The Labute approximate surface area is 165 Å². The zero-order chi connectivity index (χ0) is 19.1. The van der Waals surface area contributed by atoms with Gasteiger partial charge in [0.05, 0.1) is 17.8 Å². The van der Waals surface area contributed by atoms with E-state index in [0.29, 0.717) is 17.3 Å². The van der Waals surface area contributed by atoms with Gasteiger partial charge in [-0.1, -0.05) is 29.8 Å². The van der Waals surface area contributed by atoms with E-state index in [9.17, 15) is 9.59 Å². The van der Waals surface area contributed by atoms with Crippen LogP contribution in [0.25, 0.3) is 10.7 Å². The molecule has 1 aromatic carbocycles. The maximum atomic E-state index is 11.9. The predicted molar refractivity (Wildman–Crippen MR) is 103 cm³/mol. The molecule has 3 aromatic rings. The predicted octanol–water partition coefficient (Wildman–Crippen LogP) is 3.26. The first-order valence-electron chi connectivity index (χ1n) is 8.13. The van der Waals surface area contributed by atoms with Crippen molar-refractivity contribution >= 4 is 34.8 Å². The fraction of sp³-hybridized carbons (Fsp3) is 0.158. The van der Waals surface area contributed by atoms with Crippen LogP contribution < -0.4 is 5.32 Å². The van der Waals surface area contributed by atoms with Gasteiger partial charge in [0, 0.05) is 23.1 Å². The summed E-state index contributed by atoms with van der Waals surface area (Å²) in [6, 6.07) is 12.7. The Morgan fingerprint density at radius 2 is 1.96 bits per heavy atom. The van der Waals surface area contributed by atoms with E-state index in [-0.39, 0.29) is 18.9 Å². The second-order valence-electron chi connectivity index (χ2n) is 5.60. The van der Waals surface area contributed by atoms with Gasteiger partial charge in [-0.3, -0.25) is 14.6 Å². The number of carbonyl (C=O) groups is 2. The molecular weight excluding hydrogens is 386 g/mol. The van der Waals surface area contributed by atoms with Gasteiger partial charge >= 0.3 is 5.97 Å². The summed E-state index contributed by atoms with van der Waals surface area (Å²) < 4.78 is 5.01. The molecule has 0 spiro atoms. The molecule has 6 nitrogen and oxygen atoms in total. The molecule has 2 heterocycles. The molecule has 8 heteroatoms. The van der Waals surface area contributed by atoms with Gasteiger partial charge < -0.3 is 10.1 Å². The monoisotopic (exact) mass is 401 g/mol. The first-order chi connectivity index (χ1) is 13.1. The molecule has 0 radical (unpaired) electrons. The van der Waals surface area contributed by atoms with Crippen LogP contribution in [0, 0.1) is 0 Å². The highest BCUT2D eigenvalue weighted by Gasteiger charge is 2.12. The topological polar surface area (TPSA) is 81.2 Å². The Morgan fingerprint density at radius 1 is 1.15 bits per heavy atom. The Hall–Kier alpha value is -2.77. The number of ether oxygens (including phenoxy) is 1. The Kier molecular flexibility index (Phi) is 6.51. The smallest absolute Gasteiger partial charge is 0.312 e. The largest absolute Gasteiger partial charge is 0.455 e. The molecule has 0 fully saturated rings. The highest BCUT2D eigenvalue weighted by molar-refractivity contribution is 7.13. The van der Waals surface area contributed by atoms with Crippen molar-refractivity contribution in [3.8, 4) is 10.7 Å². The molecule has 3 rings (SSSR count). The number of rotatable bonds is 7. The number of amides is 1. The zero-order valence-electron chi connectivity index (χ0n) is 14.2. The summed E-state index contributed by atoms with van der Waals surface area (Å²) in [7, 11) is 0. The van der Waals surface area contributed by atoms with E-state index in [1.165, 1.54) is 11.3 Å². The van der Waals surface area contributed by atoms with Crippen molar-refractivity contribution < 1.29 is 14.3 Å². The van der Waals surface area contributed by atoms with Crippen LogP contribution in [0.15, 0.2) is 54.0 Å². The van der Waals surface area contributed by atoms with Crippen LogP contribution in [0.3, 0.4) is 0 Å². The molecule has 1 N–H and O–H groups in total. The SMILES string of the molecule is O=C(COC(=O)Cc1csc(-c2ccccn2)n1)NCc1ccc(Cl)cc1. The van der Waals surface area contributed by atoms with Gasteiger partial charge in [-0.2, -0.15) is 0 Å². The van der Waals surface area contributed by atoms with Gasteiger partial charge in [0.1, 0.15) is 5.01 Å². The lowest BCUT2D eigenvalue weighted by Crippen LogP contribution is -2.28. The van der Waals surface area contributed by atoms with E-state index in [1.807, 2.05) is 30.3 Å². The first kappa shape index (κ1) is 19.0. The molecule has 0 atom stereocenters. The van der Waals surface area contributed by atoms with Gasteiger partial charge in [-0.15, -0.1) is 11.3 Å². The van der Waals surface area contributed by atoms with Crippen molar-refractivity contribution in [3.05, 3.63) is 70.3 Å². The summed E-state index contributed by atoms with van der Waals surface area (Å²) in [5.74, 6) is -0.875. The van der Waals surface area contributed by atoms with E-state index in [4.69, 9.17) is 16.3 Å². The maximum Gasteiger partial charge on any atom is 0.312 e. The number of esters is 1. The Balaban J connectivity index is 1.42. The lowest BCUT2D eigenvalue weighted by Gasteiger charge is -2.06. The number of aromatic nitrogens is 2. The maximum absolute atomic E-state index is 11.9. The summed E-state index contributed by atoms with van der Waals surface area (Å²) in [6.45, 7) is 0.0106. The molecule has 0 saturated heterocycles. The van der Waals surface area contributed by atoms with Crippen molar-refractivity contribution in [2.24, 2.45) is 0 Å². The molecule has 27 heavy (non-hydrogen) atoms. The van der Waals surface area contributed by atoms with Crippen LogP contribution in [0.1, 0.15) is 11.3 Å². The normalized spacial score (nSPS) is 10.4. The summed E-state index contributed by atoms with van der Waals surface area (Å²) in [5, 5.41) is 5.83. The molecule has 0 saturated carbocycles. The number of benzene rings is 1. The highest BCUT2D eigenvalue weighted by Crippen LogP contribution is 2.21. The Bertz CT molecular complexity index is 913. The number of pyridine rings is 1. The number of nitrogens with one attached hydrogen (secondary N) is 1. The van der Waals surface area contributed by atoms with Crippen LogP contribution in [-0.4, -0.2) is 28.5 Å². The minimum atomic E-state index is -0.505. The van der Waals surface area contributed by atoms with Crippen molar-refractivity contribution in [3.63, 3.8) is 0 Å². The highest BCUT2D eigenvalue weighted by atomic mass is 35.5. The van der Waals surface area contributed by atoms with Crippen LogP contribution in [-0.2, 0) is 27.3 Å². The molecule has 0 unspecified atom stereocenters. The minimum absolute atomic E-state index is 0.00774. The summed E-state index contributed by atoms with van der Waals surface area (Å²) in [5.41, 5.74) is 2.25. The third-order valence-corrected chi connectivity index (χ3v) is 4.69. The van der Waals surface area contributed by atoms with E-state index in [2.05, 4.69) is 15.3 Å². The fourth-order valence-electron chi connectivity index (χ4n) is 2.19. The van der Waals surface area contributed by atoms with Crippen LogP contribution in [0.5, 0.6) is 0 Å². The average molecular weight is 402 g/mol. The van der Waals surface area contributed by atoms with Crippen molar-refractivity contribution in [1.82, 2.24) is 15.3 Å². The molecule has 0 aliphatic heterocycles. The van der Waals surface area contributed by atoms with Gasteiger partial charge in [0.2, 0.25) is 0 Å². The molecule has 0 bridgehead atoms. The number of carbonyl (C=O) groups excluding carboxylic acids is 2. The lowest BCUT2D eigenvalue weighted by molar-refractivity contribution is -0.147.